The number of nitrogens with one attached hydrogen (secondary N) is 1. The fourth-order valence-electron chi connectivity index (χ4n) is 2.42. The van der Waals surface area contributed by atoms with Crippen LogP contribution in [0.2, 0.25) is 0 Å². The standard InChI is InChI=1S/C19H17N3OS/c1-2-12-22-18(20)15-10-6-7-11-16(15)21-19(22)24-13-17(23)14-8-4-3-5-9-14/h2-11,20H,1,12-13H2. The second-order valence-corrected chi connectivity index (χ2v) is 6.18. The average Bonchev–Trinajstić information content (AvgIpc) is 2.63. The fourth-order valence-corrected chi connectivity index (χ4v) is 3.33. The minimum Gasteiger partial charge on any atom is -0.302 e. The van der Waals surface area contributed by atoms with Crippen LogP contribution in [0, 0.1) is 5.41 Å². The molecule has 0 saturated heterocycles. The summed E-state index contributed by atoms with van der Waals surface area (Å²) in [7, 11) is 0. The summed E-state index contributed by atoms with van der Waals surface area (Å²) in [4.78, 5) is 16.9. The topological polar surface area (TPSA) is 58.7 Å². The first-order chi connectivity index (χ1) is 11.7. The molecule has 0 unspecified atom stereocenters. The third kappa shape index (κ3) is 3.31. The third-order valence-corrected chi connectivity index (χ3v) is 4.59. The Labute approximate surface area is 144 Å². The summed E-state index contributed by atoms with van der Waals surface area (Å²) in [6, 6.07) is 16.8. The second kappa shape index (κ2) is 7.27. The van der Waals surface area contributed by atoms with Gasteiger partial charge in [0, 0.05) is 17.5 Å². The fraction of sp³-hybridized carbons (Fsp3) is 0.105. The number of benzene rings is 2. The minimum absolute atomic E-state index is 0.0484. The van der Waals surface area contributed by atoms with E-state index in [4.69, 9.17) is 5.41 Å². The summed E-state index contributed by atoms with van der Waals surface area (Å²) < 4.78 is 1.78. The van der Waals surface area contributed by atoms with Gasteiger partial charge in [-0.2, -0.15) is 0 Å². The zero-order valence-corrected chi connectivity index (χ0v) is 13.9. The highest BCUT2D eigenvalue weighted by atomic mass is 32.2. The van der Waals surface area contributed by atoms with Gasteiger partial charge in [-0.3, -0.25) is 10.2 Å². The van der Waals surface area contributed by atoms with Crippen LogP contribution in [-0.4, -0.2) is 21.1 Å². The molecule has 1 N–H and O–H groups in total. The van der Waals surface area contributed by atoms with E-state index in [1.807, 2.05) is 54.6 Å². The normalized spacial score (nSPS) is 10.7. The molecule has 0 fully saturated rings. The van der Waals surface area contributed by atoms with Gasteiger partial charge in [0.2, 0.25) is 0 Å². The lowest BCUT2D eigenvalue weighted by atomic mass is 10.2. The minimum atomic E-state index is 0.0484. The van der Waals surface area contributed by atoms with Crippen LogP contribution in [0.5, 0.6) is 0 Å². The monoisotopic (exact) mass is 335 g/mol. The number of ketones is 1. The number of carbonyl (C=O) groups is 1. The highest BCUT2D eigenvalue weighted by molar-refractivity contribution is 7.99. The van der Waals surface area contributed by atoms with Crippen LogP contribution < -0.4 is 5.49 Å². The molecule has 0 radical (unpaired) electrons. The zero-order chi connectivity index (χ0) is 16.9. The molecule has 0 amide bonds. The summed E-state index contributed by atoms with van der Waals surface area (Å²) in [5.41, 5.74) is 1.83. The van der Waals surface area contributed by atoms with Crippen molar-refractivity contribution in [2.45, 2.75) is 11.7 Å². The number of fused-ring (bicyclic) bond motifs is 1. The predicted octanol–water partition coefficient (Wildman–Crippen LogP) is 3.68. The maximum Gasteiger partial charge on any atom is 0.173 e. The zero-order valence-electron chi connectivity index (χ0n) is 13.1. The van der Waals surface area contributed by atoms with E-state index in [0.29, 0.717) is 22.8 Å². The summed E-state index contributed by atoms with van der Waals surface area (Å²) in [6.45, 7) is 4.24. The SMILES string of the molecule is C=CCn1c(SCC(=O)c2ccccc2)nc2ccccc2c1=N. The molecular formula is C19H17N3OS. The summed E-state index contributed by atoms with van der Waals surface area (Å²) in [5, 5.41) is 9.86. The van der Waals surface area contributed by atoms with E-state index < -0.39 is 0 Å². The van der Waals surface area contributed by atoms with Crippen LogP contribution in [0.1, 0.15) is 10.4 Å². The molecule has 1 aromatic heterocycles. The molecule has 3 aromatic rings. The number of thioether (sulfide) groups is 1. The Bertz CT molecular complexity index is 948. The van der Waals surface area contributed by atoms with Gasteiger partial charge in [-0.15, -0.1) is 6.58 Å². The number of nitrogens with zero attached hydrogens (tertiary/aromatic N) is 2. The van der Waals surface area contributed by atoms with Gasteiger partial charge >= 0.3 is 0 Å². The molecule has 1 heterocycles. The number of aromatic nitrogens is 2. The number of para-hydroxylation sites is 1. The van der Waals surface area contributed by atoms with E-state index in [1.165, 1.54) is 11.8 Å². The van der Waals surface area contributed by atoms with Gasteiger partial charge in [0.25, 0.3) is 0 Å². The van der Waals surface area contributed by atoms with Crippen molar-refractivity contribution < 1.29 is 4.79 Å². The molecule has 4 nitrogen and oxygen atoms in total. The Morgan fingerprint density at radius 3 is 2.62 bits per heavy atom. The molecule has 0 bridgehead atoms. The van der Waals surface area contributed by atoms with Crippen LogP contribution in [0.25, 0.3) is 10.9 Å². The lowest BCUT2D eigenvalue weighted by Crippen LogP contribution is -2.23. The maximum atomic E-state index is 12.3. The van der Waals surface area contributed by atoms with Gasteiger partial charge in [0.15, 0.2) is 10.9 Å². The van der Waals surface area contributed by atoms with Gasteiger partial charge in [-0.05, 0) is 12.1 Å². The maximum absolute atomic E-state index is 12.3. The van der Waals surface area contributed by atoms with E-state index in [2.05, 4.69) is 11.6 Å². The van der Waals surface area contributed by atoms with Crippen LogP contribution >= 0.6 is 11.8 Å². The Kier molecular flexibility index (Phi) is 4.91. The first-order valence-electron chi connectivity index (χ1n) is 7.57. The Morgan fingerprint density at radius 2 is 1.88 bits per heavy atom. The number of rotatable bonds is 6. The van der Waals surface area contributed by atoms with E-state index in [9.17, 15) is 4.79 Å². The molecule has 2 aromatic carbocycles. The molecule has 120 valence electrons. The first-order valence-corrected chi connectivity index (χ1v) is 8.55. The largest absolute Gasteiger partial charge is 0.302 e. The Balaban J connectivity index is 1.93. The number of hydrogen-bond acceptors (Lipinski definition) is 4. The van der Waals surface area contributed by atoms with Gasteiger partial charge in [0.05, 0.1) is 11.3 Å². The molecule has 0 saturated carbocycles. The van der Waals surface area contributed by atoms with E-state index in [-0.39, 0.29) is 11.5 Å². The summed E-state index contributed by atoms with van der Waals surface area (Å²) in [5.74, 6) is 0.332. The highest BCUT2D eigenvalue weighted by Gasteiger charge is 2.12. The van der Waals surface area contributed by atoms with Crippen molar-refractivity contribution in [3.8, 4) is 0 Å². The molecule has 3 rings (SSSR count). The van der Waals surface area contributed by atoms with Gasteiger partial charge < -0.3 is 4.57 Å². The lowest BCUT2D eigenvalue weighted by molar-refractivity contribution is 0.102. The van der Waals surface area contributed by atoms with E-state index >= 15 is 0 Å². The van der Waals surface area contributed by atoms with Crippen molar-refractivity contribution in [1.29, 1.82) is 5.41 Å². The van der Waals surface area contributed by atoms with Gasteiger partial charge in [-0.25, -0.2) is 4.98 Å². The Hall–Kier alpha value is -2.66. The molecule has 0 spiro atoms. The van der Waals surface area contributed by atoms with Crippen LogP contribution in [0.15, 0.2) is 72.4 Å². The van der Waals surface area contributed by atoms with Crippen molar-refractivity contribution in [3.05, 3.63) is 78.3 Å². The number of hydrogen-bond donors (Lipinski definition) is 1. The molecular weight excluding hydrogens is 318 g/mol. The van der Waals surface area contributed by atoms with Crippen molar-refractivity contribution in [2.75, 3.05) is 5.75 Å². The summed E-state index contributed by atoms with van der Waals surface area (Å²) in [6.07, 6.45) is 1.73. The van der Waals surface area contributed by atoms with Crippen molar-refractivity contribution in [2.24, 2.45) is 0 Å². The number of Topliss-reactive ketones (excluding diaryl/α,β-unsaturated/α-hetero) is 1. The molecule has 5 heteroatoms. The van der Waals surface area contributed by atoms with Gasteiger partial charge in [0.1, 0.15) is 5.49 Å². The molecule has 0 atom stereocenters. The van der Waals surface area contributed by atoms with Crippen LogP contribution in [0.4, 0.5) is 0 Å². The number of allylic oxidation sites excluding steroid dienone is 1. The van der Waals surface area contributed by atoms with Crippen molar-refractivity contribution in [1.82, 2.24) is 9.55 Å². The first kappa shape index (κ1) is 16.2. The quantitative estimate of drug-likeness (QED) is 0.323. The molecule has 0 aliphatic carbocycles. The van der Waals surface area contributed by atoms with E-state index in [1.54, 1.807) is 10.6 Å². The predicted molar refractivity (Wildman–Crippen MR) is 97.3 cm³/mol. The number of carbonyl (C=O) groups excluding carboxylic acids is 1. The second-order valence-electron chi connectivity index (χ2n) is 5.24. The third-order valence-electron chi connectivity index (χ3n) is 3.62. The van der Waals surface area contributed by atoms with Crippen LogP contribution in [-0.2, 0) is 6.54 Å². The van der Waals surface area contributed by atoms with Crippen molar-refractivity contribution in [3.63, 3.8) is 0 Å². The molecule has 0 aliphatic rings. The summed E-state index contributed by atoms with van der Waals surface area (Å²) >= 11 is 1.35. The smallest absolute Gasteiger partial charge is 0.173 e. The highest BCUT2D eigenvalue weighted by Crippen LogP contribution is 2.19. The van der Waals surface area contributed by atoms with E-state index in [0.717, 1.165) is 10.9 Å². The lowest BCUT2D eigenvalue weighted by Gasteiger charge is -2.12. The van der Waals surface area contributed by atoms with Crippen LogP contribution in [0.3, 0.4) is 0 Å². The molecule has 24 heavy (non-hydrogen) atoms. The Morgan fingerprint density at radius 1 is 1.17 bits per heavy atom. The molecule has 0 aliphatic heterocycles. The van der Waals surface area contributed by atoms with Gasteiger partial charge in [-0.1, -0.05) is 60.3 Å². The van der Waals surface area contributed by atoms with Crippen molar-refractivity contribution >= 4 is 28.4 Å². The average molecular weight is 335 g/mol.